The van der Waals surface area contributed by atoms with Crippen LogP contribution in [0.4, 0.5) is 5.82 Å². The molecule has 1 aliphatic heterocycles. The van der Waals surface area contributed by atoms with Gasteiger partial charge in [0.25, 0.3) is 0 Å². The van der Waals surface area contributed by atoms with Crippen molar-refractivity contribution in [3.05, 3.63) is 24.4 Å². The maximum Gasteiger partial charge on any atom is 0.224 e. The van der Waals surface area contributed by atoms with Crippen molar-refractivity contribution >= 4 is 41.7 Å². The number of halogens is 1. The van der Waals surface area contributed by atoms with Crippen molar-refractivity contribution in [2.45, 2.75) is 26.3 Å². The second-order valence-electron chi connectivity index (χ2n) is 6.10. The zero-order valence-corrected chi connectivity index (χ0v) is 17.6. The van der Waals surface area contributed by atoms with Crippen LogP contribution in [0, 0.1) is 0 Å². The molecule has 2 N–H and O–H groups in total. The quantitative estimate of drug-likeness (QED) is 0.394. The number of pyridine rings is 1. The SMILES string of the molecule is CN=C(NCCC(=O)N1CCN(c2ccccn2)CC1)NC(C)C.I. The molecule has 140 valence electrons. The van der Waals surface area contributed by atoms with Crippen molar-refractivity contribution in [2.75, 3.05) is 44.7 Å². The fourth-order valence-corrected chi connectivity index (χ4v) is 2.64. The lowest BCUT2D eigenvalue weighted by Crippen LogP contribution is -2.49. The first-order valence-electron chi connectivity index (χ1n) is 8.51. The first kappa shape index (κ1) is 21.5. The van der Waals surface area contributed by atoms with Gasteiger partial charge in [0.2, 0.25) is 5.91 Å². The predicted molar refractivity (Wildman–Crippen MR) is 113 cm³/mol. The van der Waals surface area contributed by atoms with Crippen LogP contribution in [0.5, 0.6) is 0 Å². The lowest BCUT2D eigenvalue weighted by molar-refractivity contribution is -0.131. The molecule has 0 spiro atoms. The monoisotopic (exact) mass is 460 g/mol. The normalized spacial score (nSPS) is 15.0. The number of carbonyl (C=O) groups is 1. The van der Waals surface area contributed by atoms with Gasteiger partial charge in [-0.15, -0.1) is 24.0 Å². The van der Waals surface area contributed by atoms with Crippen molar-refractivity contribution in [3.8, 4) is 0 Å². The smallest absolute Gasteiger partial charge is 0.224 e. The summed E-state index contributed by atoms with van der Waals surface area (Å²) in [6.07, 6.45) is 2.28. The highest BCUT2D eigenvalue weighted by Gasteiger charge is 2.21. The Morgan fingerprint density at radius 3 is 2.56 bits per heavy atom. The van der Waals surface area contributed by atoms with Crippen molar-refractivity contribution in [3.63, 3.8) is 0 Å². The molecule has 1 saturated heterocycles. The van der Waals surface area contributed by atoms with Crippen LogP contribution in [0.1, 0.15) is 20.3 Å². The lowest BCUT2D eigenvalue weighted by atomic mass is 10.2. The van der Waals surface area contributed by atoms with Crippen molar-refractivity contribution in [1.29, 1.82) is 0 Å². The van der Waals surface area contributed by atoms with Gasteiger partial charge in [-0.3, -0.25) is 9.79 Å². The first-order chi connectivity index (χ1) is 11.6. The van der Waals surface area contributed by atoms with Gasteiger partial charge < -0.3 is 20.4 Å². The van der Waals surface area contributed by atoms with Crippen molar-refractivity contribution in [1.82, 2.24) is 20.5 Å². The summed E-state index contributed by atoms with van der Waals surface area (Å²) >= 11 is 0. The Kier molecular flexibility index (Phi) is 9.54. The maximum absolute atomic E-state index is 12.3. The summed E-state index contributed by atoms with van der Waals surface area (Å²) in [5.41, 5.74) is 0. The molecule has 1 aromatic rings. The van der Waals surface area contributed by atoms with Crippen LogP contribution < -0.4 is 15.5 Å². The Labute approximate surface area is 167 Å². The summed E-state index contributed by atoms with van der Waals surface area (Å²) in [6, 6.07) is 6.22. The summed E-state index contributed by atoms with van der Waals surface area (Å²) in [5, 5.41) is 6.38. The molecule has 8 heteroatoms. The third-order valence-corrected chi connectivity index (χ3v) is 3.89. The standard InChI is InChI=1S/C17H28N6O.HI/c1-14(2)21-17(18-3)20-9-7-16(24)23-12-10-22(11-13-23)15-6-4-5-8-19-15;/h4-6,8,14H,7,9-13H2,1-3H3,(H2,18,20,21);1H. The summed E-state index contributed by atoms with van der Waals surface area (Å²) in [4.78, 5) is 25.0. The summed E-state index contributed by atoms with van der Waals surface area (Å²) in [7, 11) is 1.73. The molecule has 1 aromatic heterocycles. The third-order valence-electron chi connectivity index (χ3n) is 3.89. The molecule has 25 heavy (non-hydrogen) atoms. The van der Waals surface area contributed by atoms with E-state index >= 15 is 0 Å². The highest BCUT2D eigenvalue weighted by Crippen LogP contribution is 2.12. The van der Waals surface area contributed by atoms with Crippen LogP contribution >= 0.6 is 24.0 Å². The molecule has 0 saturated carbocycles. The Bertz CT molecular complexity index is 543. The van der Waals surface area contributed by atoms with E-state index in [1.54, 1.807) is 13.2 Å². The number of rotatable bonds is 5. The number of hydrogen-bond acceptors (Lipinski definition) is 4. The summed E-state index contributed by atoms with van der Waals surface area (Å²) in [5.74, 6) is 1.90. The van der Waals surface area contributed by atoms with Crippen LogP contribution in [-0.4, -0.2) is 67.6 Å². The number of aliphatic imine (C=N–C) groups is 1. The molecule has 0 unspecified atom stereocenters. The topological polar surface area (TPSA) is 72.9 Å². The minimum Gasteiger partial charge on any atom is -0.356 e. The molecule has 0 atom stereocenters. The number of amides is 1. The van der Waals surface area contributed by atoms with Crippen molar-refractivity contribution in [2.24, 2.45) is 4.99 Å². The molecule has 1 amide bonds. The first-order valence-corrected chi connectivity index (χ1v) is 8.51. The van der Waals surface area contributed by atoms with E-state index in [0.717, 1.165) is 38.0 Å². The van der Waals surface area contributed by atoms with Crippen LogP contribution in [0.2, 0.25) is 0 Å². The van der Waals surface area contributed by atoms with E-state index in [1.165, 1.54) is 0 Å². The predicted octanol–water partition coefficient (Wildman–Crippen LogP) is 1.31. The van der Waals surface area contributed by atoms with Gasteiger partial charge in [0.15, 0.2) is 5.96 Å². The second kappa shape index (κ2) is 11.1. The number of anilines is 1. The van der Waals surface area contributed by atoms with E-state index in [9.17, 15) is 4.79 Å². The molecular weight excluding hydrogens is 431 g/mol. The van der Waals surface area contributed by atoms with E-state index in [1.807, 2.05) is 23.1 Å². The number of nitrogens with zero attached hydrogens (tertiary/aromatic N) is 4. The molecule has 1 fully saturated rings. The van der Waals surface area contributed by atoms with E-state index < -0.39 is 0 Å². The fraction of sp³-hybridized carbons (Fsp3) is 0.588. The Morgan fingerprint density at radius 2 is 2.00 bits per heavy atom. The largest absolute Gasteiger partial charge is 0.356 e. The molecule has 0 bridgehead atoms. The molecule has 0 radical (unpaired) electrons. The number of piperazine rings is 1. The van der Waals surface area contributed by atoms with Crippen molar-refractivity contribution < 1.29 is 4.79 Å². The third kappa shape index (κ3) is 7.05. The van der Waals surface area contributed by atoms with Gasteiger partial charge in [0.1, 0.15) is 5.82 Å². The number of nitrogens with one attached hydrogen (secondary N) is 2. The molecule has 7 nitrogen and oxygen atoms in total. The lowest BCUT2D eigenvalue weighted by Gasteiger charge is -2.35. The highest BCUT2D eigenvalue weighted by molar-refractivity contribution is 14.0. The minimum absolute atomic E-state index is 0. The number of hydrogen-bond donors (Lipinski definition) is 2. The van der Waals surface area contributed by atoms with Crippen LogP contribution in [0.25, 0.3) is 0 Å². The van der Waals surface area contributed by atoms with E-state index in [-0.39, 0.29) is 29.9 Å². The fourth-order valence-electron chi connectivity index (χ4n) is 2.64. The molecule has 2 heterocycles. The summed E-state index contributed by atoms with van der Waals surface area (Å²) < 4.78 is 0. The molecule has 1 aliphatic rings. The average molecular weight is 460 g/mol. The summed E-state index contributed by atoms with van der Waals surface area (Å²) in [6.45, 7) is 7.84. The Balaban J connectivity index is 0.00000312. The maximum atomic E-state index is 12.3. The minimum atomic E-state index is 0. The number of carbonyl (C=O) groups excluding carboxylic acids is 1. The van der Waals surface area contributed by atoms with Crippen LogP contribution in [0.3, 0.4) is 0 Å². The van der Waals surface area contributed by atoms with Gasteiger partial charge in [-0.25, -0.2) is 4.98 Å². The van der Waals surface area contributed by atoms with Gasteiger partial charge in [0, 0.05) is 58.4 Å². The Hall–Kier alpha value is -1.58. The van der Waals surface area contributed by atoms with E-state index in [0.29, 0.717) is 19.0 Å². The number of aromatic nitrogens is 1. The zero-order valence-electron chi connectivity index (χ0n) is 15.2. The van der Waals surface area contributed by atoms with Gasteiger partial charge in [-0.05, 0) is 26.0 Å². The number of guanidine groups is 1. The average Bonchev–Trinajstić information content (AvgIpc) is 2.61. The molecule has 0 aromatic carbocycles. The molecule has 2 rings (SSSR count). The second-order valence-corrected chi connectivity index (χ2v) is 6.10. The highest BCUT2D eigenvalue weighted by atomic mass is 127. The van der Waals surface area contributed by atoms with Gasteiger partial charge >= 0.3 is 0 Å². The van der Waals surface area contributed by atoms with Crippen LogP contribution in [0.15, 0.2) is 29.4 Å². The zero-order chi connectivity index (χ0) is 17.4. The Morgan fingerprint density at radius 1 is 1.28 bits per heavy atom. The molecular formula is C17H29IN6O. The van der Waals surface area contributed by atoms with Gasteiger partial charge in [-0.2, -0.15) is 0 Å². The van der Waals surface area contributed by atoms with Gasteiger partial charge in [-0.1, -0.05) is 6.07 Å². The van der Waals surface area contributed by atoms with Gasteiger partial charge in [0.05, 0.1) is 0 Å². The molecule has 0 aliphatic carbocycles. The van der Waals surface area contributed by atoms with Crippen LogP contribution in [-0.2, 0) is 4.79 Å². The van der Waals surface area contributed by atoms with E-state index in [4.69, 9.17) is 0 Å². The van der Waals surface area contributed by atoms with E-state index in [2.05, 4.69) is 39.4 Å².